The zero-order valence-corrected chi connectivity index (χ0v) is 19.1. The van der Waals surface area contributed by atoms with Gasteiger partial charge in [-0.1, -0.05) is 11.8 Å². The minimum absolute atomic E-state index is 0.00161. The summed E-state index contributed by atoms with van der Waals surface area (Å²) in [6.07, 6.45) is -0.594. The summed E-state index contributed by atoms with van der Waals surface area (Å²) in [5.41, 5.74) is 0.0941. The molecule has 0 radical (unpaired) electrons. The maximum atomic E-state index is 12.7. The van der Waals surface area contributed by atoms with Gasteiger partial charge in [-0.15, -0.1) is 10.2 Å². The predicted octanol–water partition coefficient (Wildman–Crippen LogP) is 3.57. The molecule has 1 aliphatic rings. The molecule has 180 valence electrons. The summed E-state index contributed by atoms with van der Waals surface area (Å²) < 4.78 is 45.1. The second-order valence-electron chi connectivity index (χ2n) is 7.70. The molecule has 1 saturated heterocycles. The maximum absolute atomic E-state index is 12.7. The molecule has 0 unspecified atom stereocenters. The van der Waals surface area contributed by atoms with Gasteiger partial charge in [0, 0.05) is 31.0 Å². The minimum atomic E-state index is -4.40. The first kappa shape index (κ1) is 23.9. The van der Waals surface area contributed by atoms with E-state index in [0.717, 1.165) is 23.7 Å². The van der Waals surface area contributed by atoms with Gasteiger partial charge in [0.25, 0.3) is 0 Å². The highest BCUT2D eigenvalue weighted by Crippen LogP contribution is 2.30. The number of alkyl halides is 3. The summed E-state index contributed by atoms with van der Waals surface area (Å²) in [6, 6.07) is 9.86. The normalized spacial score (nSPS) is 14.8. The predicted molar refractivity (Wildman–Crippen MR) is 121 cm³/mol. The van der Waals surface area contributed by atoms with E-state index in [4.69, 9.17) is 4.74 Å². The van der Waals surface area contributed by atoms with Crippen molar-refractivity contribution >= 4 is 23.5 Å². The van der Waals surface area contributed by atoms with Crippen molar-refractivity contribution in [1.82, 2.24) is 25.1 Å². The van der Waals surface area contributed by atoms with Crippen LogP contribution in [0.15, 0.2) is 54.1 Å². The number of rotatable bonds is 7. The third-order valence-electron chi connectivity index (χ3n) is 5.46. The van der Waals surface area contributed by atoms with Crippen LogP contribution in [0.5, 0.6) is 5.75 Å². The molecule has 1 amide bonds. The first-order valence-corrected chi connectivity index (χ1v) is 11.6. The number of nitrogens with zero attached hydrogens (tertiary/aromatic N) is 5. The SMILES string of the molecule is COc1ccc(-n2cnnc2SCC(=O)NC2CCN(c3ccc(C(F)(F)F)cn3)CC2)cc1. The number of carbonyl (C=O) groups is 1. The molecule has 1 aromatic carbocycles. The molecule has 1 N–H and O–H groups in total. The molecule has 2 aromatic heterocycles. The minimum Gasteiger partial charge on any atom is -0.497 e. The number of hydrogen-bond acceptors (Lipinski definition) is 7. The number of anilines is 1. The van der Waals surface area contributed by atoms with Crippen molar-refractivity contribution in [2.45, 2.75) is 30.2 Å². The van der Waals surface area contributed by atoms with Crippen LogP contribution in [-0.2, 0) is 11.0 Å². The van der Waals surface area contributed by atoms with Crippen molar-refractivity contribution in [2.24, 2.45) is 0 Å². The largest absolute Gasteiger partial charge is 0.497 e. The average Bonchev–Trinajstić information content (AvgIpc) is 3.31. The van der Waals surface area contributed by atoms with Gasteiger partial charge >= 0.3 is 6.18 Å². The van der Waals surface area contributed by atoms with Gasteiger partial charge in [-0.25, -0.2) is 4.98 Å². The number of methoxy groups -OCH3 is 1. The lowest BCUT2D eigenvalue weighted by Gasteiger charge is -2.33. The van der Waals surface area contributed by atoms with Gasteiger partial charge in [-0.3, -0.25) is 9.36 Å². The number of carbonyl (C=O) groups excluding carboxylic acids is 1. The summed E-state index contributed by atoms with van der Waals surface area (Å²) in [5.74, 6) is 1.33. The molecule has 0 aliphatic carbocycles. The monoisotopic (exact) mass is 492 g/mol. The van der Waals surface area contributed by atoms with Gasteiger partial charge < -0.3 is 15.0 Å². The molecule has 1 aliphatic heterocycles. The topological polar surface area (TPSA) is 85.2 Å². The molecule has 0 atom stereocenters. The second kappa shape index (κ2) is 10.3. The van der Waals surface area contributed by atoms with Crippen LogP contribution in [0.2, 0.25) is 0 Å². The van der Waals surface area contributed by atoms with Crippen molar-refractivity contribution in [3.05, 3.63) is 54.5 Å². The number of amides is 1. The van der Waals surface area contributed by atoms with Crippen molar-refractivity contribution in [3.63, 3.8) is 0 Å². The Morgan fingerprint density at radius 2 is 1.91 bits per heavy atom. The van der Waals surface area contributed by atoms with E-state index in [2.05, 4.69) is 20.5 Å². The van der Waals surface area contributed by atoms with Gasteiger partial charge in [0.1, 0.15) is 17.9 Å². The lowest BCUT2D eigenvalue weighted by atomic mass is 10.0. The van der Waals surface area contributed by atoms with Crippen LogP contribution in [0.25, 0.3) is 5.69 Å². The van der Waals surface area contributed by atoms with E-state index in [-0.39, 0.29) is 17.7 Å². The highest BCUT2D eigenvalue weighted by Gasteiger charge is 2.31. The van der Waals surface area contributed by atoms with Crippen molar-refractivity contribution in [1.29, 1.82) is 0 Å². The van der Waals surface area contributed by atoms with E-state index in [9.17, 15) is 18.0 Å². The summed E-state index contributed by atoms with van der Waals surface area (Å²) >= 11 is 1.29. The molecule has 1 fully saturated rings. The Bertz CT molecular complexity index is 1100. The molecular formula is C22H23F3N6O2S. The zero-order chi connectivity index (χ0) is 24.1. The molecule has 0 saturated carbocycles. The Morgan fingerprint density at radius 1 is 1.18 bits per heavy atom. The first-order chi connectivity index (χ1) is 16.3. The van der Waals surface area contributed by atoms with Gasteiger partial charge in [-0.05, 0) is 49.2 Å². The van der Waals surface area contributed by atoms with Gasteiger partial charge in [0.2, 0.25) is 5.91 Å². The Morgan fingerprint density at radius 3 is 2.53 bits per heavy atom. The van der Waals surface area contributed by atoms with Gasteiger partial charge in [0.05, 0.1) is 18.4 Å². The second-order valence-corrected chi connectivity index (χ2v) is 8.64. The lowest BCUT2D eigenvalue weighted by Crippen LogP contribution is -2.45. The fourth-order valence-electron chi connectivity index (χ4n) is 3.64. The third kappa shape index (κ3) is 5.79. The van der Waals surface area contributed by atoms with E-state index in [1.807, 2.05) is 29.2 Å². The standard InChI is InChI=1S/C22H23F3N6O2S/c1-33-18-5-3-17(4-6-18)31-14-27-29-21(31)34-13-20(32)28-16-8-10-30(11-9-16)19-7-2-15(12-26-19)22(23,24)25/h2-7,12,14,16H,8-11,13H2,1H3,(H,28,32). The van der Waals surface area contributed by atoms with Crippen molar-refractivity contribution in [2.75, 3.05) is 30.9 Å². The Balaban J connectivity index is 1.25. The van der Waals surface area contributed by atoms with E-state index < -0.39 is 11.7 Å². The number of nitrogens with one attached hydrogen (secondary N) is 1. The number of piperidine rings is 1. The van der Waals surface area contributed by atoms with E-state index in [1.54, 1.807) is 18.0 Å². The molecule has 3 heterocycles. The quantitative estimate of drug-likeness (QED) is 0.505. The molecule has 4 rings (SSSR count). The third-order valence-corrected chi connectivity index (χ3v) is 6.40. The number of halogens is 3. The molecule has 12 heteroatoms. The zero-order valence-electron chi connectivity index (χ0n) is 18.3. The fourth-order valence-corrected chi connectivity index (χ4v) is 4.38. The van der Waals surface area contributed by atoms with Crippen LogP contribution in [0, 0.1) is 0 Å². The number of hydrogen-bond donors (Lipinski definition) is 1. The van der Waals surface area contributed by atoms with Crippen LogP contribution in [-0.4, -0.2) is 57.6 Å². The van der Waals surface area contributed by atoms with Crippen LogP contribution in [0.1, 0.15) is 18.4 Å². The van der Waals surface area contributed by atoms with Crippen LogP contribution >= 0.6 is 11.8 Å². The molecular weight excluding hydrogens is 469 g/mol. The van der Waals surface area contributed by atoms with E-state index in [1.165, 1.54) is 17.8 Å². The van der Waals surface area contributed by atoms with Gasteiger partial charge in [-0.2, -0.15) is 13.2 Å². The van der Waals surface area contributed by atoms with E-state index >= 15 is 0 Å². The summed E-state index contributed by atoms with van der Waals surface area (Å²) in [7, 11) is 1.60. The average molecular weight is 493 g/mol. The van der Waals surface area contributed by atoms with Crippen LogP contribution in [0.4, 0.5) is 19.0 Å². The number of pyridine rings is 1. The van der Waals surface area contributed by atoms with E-state index in [0.29, 0.717) is 36.9 Å². The molecule has 0 spiro atoms. The highest BCUT2D eigenvalue weighted by atomic mass is 32.2. The number of thioether (sulfide) groups is 1. The number of ether oxygens (including phenoxy) is 1. The Labute approximate surface area is 198 Å². The molecule has 3 aromatic rings. The number of aromatic nitrogens is 4. The summed E-state index contributed by atoms with van der Waals surface area (Å²) in [4.78, 5) is 18.4. The molecule has 8 nitrogen and oxygen atoms in total. The van der Waals surface area contributed by atoms with Crippen molar-refractivity contribution in [3.8, 4) is 11.4 Å². The molecule has 0 bridgehead atoms. The van der Waals surface area contributed by atoms with Gasteiger partial charge in [0.15, 0.2) is 5.16 Å². The summed E-state index contributed by atoms with van der Waals surface area (Å²) in [6.45, 7) is 1.20. The lowest BCUT2D eigenvalue weighted by molar-refractivity contribution is -0.137. The van der Waals surface area contributed by atoms with Crippen LogP contribution < -0.4 is 15.0 Å². The highest BCUT2D eigenvalue weighted by molar-refractivity contribution is 7.99. The Kier molecular flexibility index (Phi) is 7.25. The Hall–Kier alpha value is -3.28. The summed E-state index contributed by atoms with van der Waals surface area (Å²) in [5, 5.41) is 11.7. The van der Waals surface area contributed by atoms with Crippen molar-refractivity contribution < 1.29 is 22.7 Å². The smallest absolute Gasteiger partial charge is 0.417 e. The first-order valence-electron chi connectivity index (χ1n) is 10.6. The maximum Gasteiger partial charge on any atom is 0.417 e. The number of benzene rings is 1. The fraction of sp³-hybridized carbons (Fsp3) is 0.364. The molecule has 34 heavy (non-hydrogen) atoms. The van der Waals surface area contributed by atoms with Crippen LogP contribution in [0.3, 0.4) is 0 Å².